The number of benzene rings is 2. The third kappa shape index (κ3) is 4.52. The summed E-state index contributed by atoms with van der Waals surface area (Å²) in [7, 11) is 0. The van der Waals surface area contributed by atoms with Crippen LogP contribution in [0.4, 0.5) is 17.3 Å². The Labute approximate surface area is 159 Å². The van der Waals surface area contributed by atoms with E-state index in [-0.39, 0.29) is 10.8 Å². The molecule has 0 bridgehead atoms. The largest absolute Gasteiger partial charge is 0.332 e. The minimum atomic E-state index is -0.473. The molecule has 0 aliphatic heterocycles. The molecule has 0 unspecified atom stereocenters. The lowest BCUT2D eigenvalue weighted by Gasteiger charge is -2.07. The SMILES string of the molecule is O=[N+]([O-])c1cccc(NC(=S)Nc2ncn(Cc3ccccc3Cl)n2)c1. The first-order valence-electron chi connectivity index (χ1n) is 7.46. The molecule has 3 aromatic rings. The average Bonchev–Trinajstić information content (AvgIpc) is 3.04. The van der Waals surface area contributed by atoms with Gasteiger partial charge in [-0.15, -0.1) is 5.10 Å². The molecule has 2 aromatic carbocycles. The van der Waals surface area contributed by atoms with Crippen molar-refractivity contribution >= 4 is 46.3 Å². The fourth-order valence-corrected chi connectivity index (χ4v) is 2.59. The third-order valence-corrected chi connectivity index (χ3v) is 3.94. The van der Waals surface area contributed by atoms with Crippen LogP contribution in [-0.2, 0) is 6.54 Å². The maximum atomic E-state index is 10.8. The number of halogens is 1. The predicted molar refractivity (Wildman–Crippen MR) is 104 cm³/mol. The van der Waals surface area contributed by atoms with Crippen molar-refractivity contribution < 1.29 is 4.92 Å². The quantitative estimate of drug-likeness (QED) is 0.390. The molecule has 8 nitrogen and oxygen atoms in total. The lowest BCUT2D eigenvalue weighted by atomic mass is 10.2. The van der Waals surface area contributed by atoms with Gasteiger partial charge >= 0.3 is 0 Å². The predicted octanol–water partition coefficient (Wildman–Crippen LogP) is 3.70. The van der Waals surface area contributed by atoms with Gasteiger partial charge in [-0.05, 0) is 29.9 Å². The van der Waals surface area contributed by atoms with Crippen LogP contribution in [0, 0.1) is 10.1 Å². The number of nitro groups is 1. The van der Waals surface area contributed by atoms with Crippen LogP contribution >= 0.6 is 23.8 Å². The van der Waals surface area contributed by atoms with Gasteiger partial charge in [0.15, 0.2) is 5.11 Å². The topological polar surface area (TPSA) is 97.9 Å². The molecule has 3 rings (SSSR count). The molecule has 132 valence electrons. The van der Waals surface area contributed by atoms with Gasteiger partial charge in [0.1, 0.15) is 6.33 Å². The maximum Gasteiger partial charge on any atom is 0.271 e. The van der Waals surface area contributed by atoms with E-state index < -0.39 is 4.92 Å². The Morgan fingerprint density at radius 1 is 1.23 bits per heavy atom. The van der Waals surface area contributed by atoms with E-state index in [9.17, 15) is 10.1 Å². The molecule has 10 heteroatoms. The normalized spacial score (nSPS) is 10.3. The zero-order valence-electron chi connectivity index (χ0n) is 13.3. The van der Waals surface area contributed by atoms with Crippen LogP contribution in [-0.4, -0.2) is 24.8 Å². The highest BCUT2D eigenvalue weighted by Crippen LogP contribution is 2.18. The van der Waals surface area contributed by atoms with Crippen molar-refractivity contribution in [1.82, 2.24) is 14.8 Å². The first-order chi connectivity index (χ1) is 12.5. The lowest BCUT2D eigenvalue weighted by Crippen LogP contribution is -2.20. The first kappa shape index (κ1) is 17.8. The van der Waals surface area contributed by atoms with Crippen molar-refractivity contribution in [3.8, 4) is 0 Å². The van der Waals surface area contributed by atoms with Crippen molar-refractivity contribution in [2.24, 2.45) is 0 Å². The van der Waals surface area contributed by atoms with Crippen LogP contribution in [0.15, 0.2) is 54.9 Å². The Morgan fingerprint density at radius 3 is 2.81 bits per heavy atom. The molecule has 0 amide bonds. The molecular formula is C16H13ClN6O2S. The van der Waals surface area contributed by atoms with Gasteiger partial charge in [0.25, 0.3) is 5.69 Å². The standard InChI is InChI=1S/C16H13ClN6O2S/c17-14-7-2-1-4-11(14)9-22-10-18-15(21-22)20-16(26)19-12-5-3-6-13(8-12)23(24)25/h1-8,10H,9H2,(H2,19,20,21,26). The summed E-state index contributed by atoms with van der Waals surface area (Å²) in [4.78, 5) is 14.5. The summed E-state index contributed by atoms with van der Waals surface area (Å²) in [5.74, 6) is 0.306. The zero-order chi connectivity index (χ0) is 18.5. The van der Waals surface area contributed by atoms with E-state index in [4.69, 9.17) is 23.8 Å². The van der Waals surface area contributed by atoms with E-state index in [1.54, 1.807) is 23.1 Å². The number of thiocarbonyl (C=S) groups is 1. The summed E-state index contributed by atoms with van der Waals surface area (Å²) in [5, 5.41) is 21.6. The minimum absolute atomic E-state index is 0.0278. The number of non-ortho nitro benzene ring substituents is 1. The van der Waals surface area contributed by atoms with E-state index in [1.807, 2.05) is 24.3 Å². The highest BCUT2D eigenvalue weighted by molar-refractivity contribution is 7.80. The third-order valence-electron chi connectivity index (χ3n) is 3.37. The number of anilines is 2. The number of nitrogens with one attached hydrogen (secondary N) is 2. The van der Waals surface area contributed by atoms with Gasteiger partial charge in [-0.3, -0.25) is 15.4 Å². The van der Waals surface area contributed by atoms with Gasteiger partial charge < -0.3 is 5.32 Å². The van der Waals surface area contributed by atoms with Crippen molar-refractivity contribution in [3.05, 3.63) is 75.6 Å². The summed E-state index contributed by atoms with van der Waals surface area (Å²) in [6.45, 7) is 0.472. The van der Waals surface area contributed by atoms with Gasteiger partial charge in [0.2, 0.25) is 5.95 Å². The van der Waals surface area contributed by atoms with Crippen molar-refractivity contribution in [2.75, 3.05) is 10.6 Å². The number of nitro benzene ring substituents is 1. The Hall–Kier alpha value is -3.04. The summed E-state index contributed by atoms with van der Waals surface area (Å²) < 4.78 is 1.62. The van der Waals surface area contributed by atoms with Gasteiger partial charge in [-0.25, -0.2) is 9.67 Å². The first-order valence-corrected chi connectivity index (χ1v) is 8.25. The van der Waals surface area contributed by atoms with Crippen molar-refractivity contribution in [3.63, 3.8) is 0 Å². The molecule has 0 spiro atoms. The van der Waals surface area contributed by atoms with Gasteiger partial charge in [-0.2, -0.15) is 0 Å². The second kappa shape index (κ2) is 7.89. The molecule has 1 heterocycles. The Balaban J connectivity index is 1.62. The number of aromatic nitrogens is 3. The number of hydrogen-bond acceptors (Lipinski definition) is 5. The molecule has 0 saturated carbocycles. The van der Waals surface area contributed by atoms with Crippen LogP contribution in [0.3, 0.4) is 0 Å². The van der Waals surface area contributed by atoms with Crippen LogP contribution in [0.2, 0.25) is 5.02 Å². The Bertz CT molecular complexity index is 961. The van der Waals surface area contributed by atoms with Crippen LogP contribution < -0.4 is 10.6 Å². The number of nitrogens with zero attached hydrogens (tertiary/aromatic N) is 4. The molecular weight excluding hydrogens is 376 g/mol. The number of rotatable bonds is 5. The average molecular weight is 389 g/mol. The van der Waals surface area contributed by atoms with Crippen molar-refractivity contribution in [2.45, 2.75) is 6.54 Å². The molecule has 0 fully saturated rings. The molecule has 0 saturated heterocycles. The lowest BCUT2D eigenvalue weighted by molar-refractivity contribution is -0.384. The molecule has 26 heavy (non-hydrogen) atoms. The van der Waals surface area contributed by atoms with E-state index in [0.717, 1.165) is 5.56 Å². The van der Waals surface area contributed by atoms with Gasteiger partial charge in [-0.1, -0.05) is 35.9 Å². The van der Waals surface area contributed by atoms with Crippen molar-refractivity contribution in [1.29, 1.82) is 0 Å². The molecule has 1 aromatic heterocycles. The van der Waals surface area contributed by atoms with Crippen LogP contribution in [0.5, 0.6) is 0 Å². The molecule has 2 N–H and O–H groups in total. The fourth-order valence-electron chi connectivity index (χ4n) is 2.19. The van der Waals surface area contributed by atoms with E-state index in [2.05, 4.69) is 20.7 Å². The molecule has 0 aliphatic rings. The smallest absolute Gasteiger partial charge is 0.271 e. The monoisotopic (exact) mass is 388 g/mol. The Morgan fingerprint density at radius 2 is 2.04 bits per heavy atom. The summed E-state index contributed by atoms with van der Waals surface area (Å²) >= 11 is 11.3. The second-order valence-corrected chi connectivity index (χ2v) is 6.06. The maximum absolute atomic E-state index is 10.8. The summed E-state index contributed by atoms with van der Waals surface area (Å²) in [5.41, 5.74) is 1.38. The van der Waals surface area contributed by atoms with E-state index in [1.165, 1.54) is 12.1 Å². The van der Waals surface area contributed by atoms with Gasteiger partial charge in [0.05, 0.1) is 11.5 Å². The highest BCUT2D eigenvalue weighted by Gasteiger charge is 2.08. The highest BCUT2D eigenvalue weighted by atomic mass is 35.5. The zero-order valence-corrected chi connectivity index (χ0v) is 14.9. The van der Waals surface area contributed by atoms with Crippen LogP contribution in [0.1, 0.15) is 5.56 Å². The molecule has 0 aliphatic carbocycles. The molecule has 0 radical (unpaired) electrons. The Kier molecular flexibility index (Phi) is 5.40. The van der Waals surface area contributed by atoms with E-state index in [0.29, 0.717) is 23.2 Å². The van der Waals surface area contributed by atoms with Crippen LogP contribution in [0.25, 0.3) is 0 Å². The summed E-state index contributed by atoms with van der Waals surface area (Å²) in [6, 6.07) is 13.5. The number of hydrogen-bond donors (Lipinski definition) is 2. The van der Waals surface area contributed by atoms with Gasteiger partial charge in [0, 0.05) is 22.8 Å². The fraction of sp³-hybridized carbons (Fsp3) is 0.0625. The molecule has 0 atom stereocenters. The minimum Gasteiger partial charge on any atom is -0.332 e. The summed E-state index contributed by atoms with van der Waals surface area (Å²) in [6.07, 6.45) is 1.56. The second-order valence-electron chi connectivity index (χ2n) is 5.24. The van der Waals surface area contributed by atoms with E-state index >= 15 is 0 Å².